The summed E-state index contributed by atoms with van der Waals surface area (Å²) in [5, 5.41) is 13.7. The van der Waals surface area contributed by atoms with E-state index in [2.05, 4.69) is 21.3 Å². The van der Waals surface area contributed by atoms with Gasteiger partial charge in [-0.1, -0.05) is 47.5 Å². The van der Waals surface area contributed by atoms with Crippen molar-refractivity contribution in [2.75, 3.05) is 21.3 Å². The number of carbonyl (C=O) groups excluding carboxylic acids is 2. The van der Waals surface area contributed by atoms with Crippen molar-refractivity contribution in [1.82, 2.24) is 0 Å². The Morgan fingerprint density at radius 3 is 1.39 bits per heavy atom. The zero-order chi connectivity index (χ0) is 24.6. The lowest BCUT2D eigenvalue weighted by molar-refractivity contribution is -0.122. The molecule has 2 unspecified atom stereocenters. The Kier molecular flexibility index (Phi) is 4.52. The molecule has 2 atom stereocenters. The lowest BCUT2D eigenvalue weighted by Gasteiger charge is -2.20. The van der Waals surface area contributed by atoms with E-state index in [0.29, 0.717) is 44.3 Å². The van der Waals surface area contributed by atoms with E-state index in [1.807, 2.05) is 0 Å². The molecule has 3 aromatic rings. The minimum Gasteiger partial charge on any atom is -0.461 e. The molecule has 4 heterocycles. The fraction of sp³-hybridized carbons (Fsp3) is 0.0769. The predicted octanol–water partition coefficient (Wildman–Crippen LogP) is 5.69. The molecule has 8 nitrogen and oxygen atoms in total. The van der Waals surface area contributed by atoms with Crippen molar-refractivity contribution in [3.8, 4) is 0 Å². The lowest BCUT2D eigenvalue weighted by Crippen LogP contribution is -2.18. The Morgan fingerprint density at radius 2 is 0.972 bits per heavy atom. The molecule has 0 radical (unpaired) electrons. The van der Waals surface area contributed by atoms with E-state index in [-0.39, 0.29) is 11.6 Å². The van der Waals surface area contributed by atoms with Gasteiger partial charge in [0.25, 0.3) is 0 Å². The van der Waals surface area contributed by atoms with Gasteiger partial charge in [-0.25, -0.2) is 0 Å². The second kappa shape index (κ2) is 7.68. The lowest BCUT2D eigenvalue weighted by atomic mass is 9.99. The van der Waals surface area contributed by atoms with Gasteiger partial charge in [-0.2, -0.15) is 0 Å². The fourth-order valence-electron chi connectivity index (χ4n) is 4.62. The van der Waals surface area contributed by atoms with Crippen molar-refractivity contribution in [3.05, 3.63) is 105 Å². The molecule has 4 N–H and O–H groups in total. The molecule has 36 heavy (non-hydrogen) atoms. The highest BCUT2D eigenvalue weighted by atomic mass is 35.5. The van der Waals surface area contributed by atoms with E-state index in [1.165, 1.54) is 0 Å². The van der Waals surface area contributed by atoms with E-state index >= 15 is 0 Å². The van der Waals surface area contributed by atoms with Crippen LogP contribution in [0.2, 0.25) is 10.0 Å². The monoisotopic (exact) mass is 518 g/mol. The van der Waals surface area contributed by atoms with Gasteiger partial charge >= 0.3 is 0 Å². The third-order valence-electron chi connectivity index (χ3n) is 6.42. The molecule has 0 aromatic heterocycles. The molecule has 0 aliphatic carbocycles. The third kappa shape index (κ3) is 3.22. The topological polar surface area (TPSA) is 101 Å². The Balaban J connectivity index is 1.09. The van der Waals surface area contributed by atoms with Crippen molar-refractivity contribution in [2.45, 2.75) is 12.2 Å². The van der Waals surface area contributed by atoms with Crippen LogP contribution in [0.3, 0.4) is 0 Å². The number of ether oxygens (including phenoxy) is 2. The molecule has 0 spiro atoms. The molecule has 0 saturated carbocycles. The third-order valence-corrected chi connectivity index (χ3v) is 6.89. The molecule has 10 heteroatoms. The van der Waals surface area contributed by atoms with Crippen LogP contribution >= 0.6 is 23.2 Å². The van der Waals surface area contributed by atoms with E-state index in [9.17, 15) is 9.59 Å². The minimum absolute atomic E-state index is 0.194. The van der Waals surface area contributed by atoms with Gasteiger partial charge < -0.3 is 30.7 Å². The average molecular weight is 519 g/mol. The van der Waals surface area contributed by atoms with Gasteiger partial charge in [0, 0.05) is 21.2 Å². The average Bonchev–Trinajstić information content (AvgIpc) is 3.37. The summed E-state index contributed by atoms with van der Waals surface area (Å²) in [6.45, 7) is 0. The van der Waals surface area contributed by atoms with Crippen LogP contribution in [0.25, 0.3) is 0 Å². The molecule has 0 amide bonds. The Morgan fingerprint density at radius 1 is 0.556 bits per heavy atom. The molecule has 0 bridgehead atoms. The van der Waals surface area contributed by atoms with E-state index in [4.69, 9.17) is 32.7 Å². The van der Waals surface area contributed by atoms with E-state index in [0.717, 1.165) is 22.7 Å². The molecule has 4 aliphatic heterocycles. The predicted molar refractivity (Wildman–Crippen MR) is 136 cm³/mol. The van der Waals surface area contributed by atoms with Crippen molar-refractivity contribution in [2.24, 2.45) is 0 Å². The highest BCUT2D eigenvalue weighted by molar-refractivity contribution is 6.31. The van der Waals surface area contributed by atoms with Crippen molar-refractivity contribution in [3.63, 3.8) is 0 Å². The van der Waals surface area contributed by atoms with Crippen molar-refractivity contribution in [1.29, 1.82) is 0 Å². The number of hydrogen-bond donors (Lipinski definition) is 4. The molecule has 7 rings (SSSR count). The SMILES string of the molecule is O=C1C2=C(Nc3cc(Cl)ccc3N2)OC1c1ccc(C2OC3=C(Nc4ccc(Cl)cc4N3)C2=O)cc1. The minimum atomic E-state index is -0.817. The second-order valence-corrected chi connectivity index (χ2v) is 9.55. The summed E-state index contributed by atoms with van der Waals surface area (Å²) < 4.78 is 11.9. The maximum Gasteiger partial charge on any atom is 0.229 e. The Labute approximate surface area is 214 Å². The van der Waals surface area contributed by atoms with Crippen LogP contribution in [0.1, 0.15) is 23.3 Å². The van der Waals surface area contributed by atoms with Gasteiger partial charge in [0.15, 0.2) is 12.2 Å². The molecular weight excluding hydrogens is 503 g/mol. The summed E-state index contributed by atoms with van der Waals surface area (Å²) in [7, 11) is 0. The maximum atomic E-state index is 13.1. The number of carbonyl (C=O) groups is 2. The number of anilines is 4. The number of rotatable bonds is 2. The van der Waals surface area contributed by atoms with Gasteiger partial charge in [-0.15, -0.1) is 0 Å². The quantitative estimate of drug-likeness (QED) is 0.343. The van der Waals surface area contributed by atoms with Crippen LogP contribution in [-0.4, -0.2) is 11.6 Å². The fourth-order valence-corrected chi connectivity index (χ4v) is 4.97. The van der Waals surface area contributed by atoms with Crippen LogP contribution in [0, 0.1) is 0 Å². The Bertz CT molecular complexity index is 1450. The zero-order valence-electron chi connectivity index (χ0n) is 18.3. The number of hydrogen-bond acceptors (Lipinski definition) is 8. The number of benzene rings is 3. The smallest absolute Gasteiger partial charge is 0.229 e. The molecule has 178 valence electrons. The standard InChI is InChI=1S/C26H16Cl2N4O4/c27-13-5-7-15-17(9-13)31-25-19(29-15)21(33)23(35-25)11-1-2-12(4-3-11)24-22(34)20-26(36-24)32-18-10-14(28)6-8-16(18)30-20/h1-10,23-24,29-32H. The van der Waals surface area contributed by atoms with Gasteiger partial charge in [0.1, 0.15) is 11.4 Å². The number of fused-ring (bicyclic) bond motifs is 2. The molecular formula is C26H16Cl2N4O4. The van der Waals surface area contributed by atoms with Crippen LogP contribution in [0.5, 0.6) is 0 Å². The van der Waals surface area contributed by atoms with Gasteiger partial charge in [0.05, 0.1) is 22.7 Å². The number of halogens is 2. The van der Waals surface area contributed by atoms with Crippen LogP contribution in [0.4, 0.5) is 22.7 Å². The first kappa shape index (κ1) is 21.2. The number of nitrogens with one attached hydrogen (secondary N) is 4. The maximum absolute atomic E-state index is 13.1. The highest BCUT2D eigenvalue weighted by Crippen LogP contribution is 2.42. The number of Topliss-reactive ketones (excluding diaryl/α,β-unsaturated/α-hetero) is 2. The summed E-state index contributed by atoms with van der Waals surface area (Å²) >= 11 is 12.2. The second-order valence-electron chi connectivity index (χ2n) is 8.68. The van der Waals surface area contributed by atoms with E-state index < -0.39 is 12.2 Å². The zero-order valence-corrected chi connectivity index (χ0v) is 19.8. The van der Waals surface area contributed by atoms with Crippen LogP contribution in [0.15, 0.2) is 83.8 Å². The summed E-state index contributed by atoms with van der Waals surface area (Å²) in [6.07, 6.45) is -1.63. The highest BCUT2D eigenvalue weighted by Gasteiger charge is 2.41. The first-order valence-electron chi connectivity index (χ1n) is 11.1. The van der Waals surface area contributed by atoms with Crippen molar-refractivity contribution < 1.29 is 19.1 Å². The number of ketones is 2. The summed E-state index contributed by atoms with van der Waals surface area (Å²) in [4.78, 5) is 26.2. The van der Waals surface area contributed by atoms with Gasteiger partial charge in [-0.05, 0) is 36.4 Å². The first-order chi connectivity index (χ1) is 17.4. The molecule has 4 aliphatic rings. The van der Waals surface area contributed by atoms with Crippen LogP contribution < -0.4 is 21.3 Å². The summed E-state index contributed by atoms with van der Waals surface area (Å²) in [5.41, 5.74) is 4.98. The first-order valence-corrected chi connectivity index (χ1v) is 11.9. The van der Waals surface area contributed by atoms with Gasteiger partial charge in [0.2, 0.25) is 23.3 Å². The Hall–Kier alpha value is -4.14. The van der Waals surface area contributed by atoms with Gasteiger partial charge in [-0.3, -0.25) is 9.59 Å². The largest absolute Gasteiger partial charge is 0.461 e. The summed E-state index contributed by atoms with van der Waals surface area (Å²) in [5.74, 6) is 0.320. The molecule has 0 saturated heterocycles. The molecule has 3 aromatic carbocycles. The molecule has 0 fully saturated rings. The normalized spacial score (nSPS) is 21.2. The summed E-state index contributed by atoms with van der Waals surface area (Å²) in [6, 6.07) is 17.7. The van der Waals surface area contributed by atoms with Crippen LogP contribution in [-0.2, 0) is 19.1 Å². The van der Waals surface area contributed by atoms with E-state index in [1.54, 1.807) is 60.7 Å². The van der Waals surface area contributed by atoms with Crippen molar-refractivity contribution >= 4 is 57.5 Å².